The molecule has 1 aliphatic heterocycles. The summed E-state index contributed by atoms with van der Waals surface area (Å²) < 4.78 is 4.40. The standard InChI is InChI=1S/C11H18N2O5/c1-7(12-11(17)18-2)9(14)13-6-4-3-5-8(13)10(15)16/h7-8H,3-6H2,1-2H3,(H,12,17)(H,15,16)/t7-,8-/m0/s1. The number of rotatable bonds is 3. The van der Waals surface area contributed by atoms with Gasteiger partial charge in [-0.2, -0.15) is 0 Å². The monoisotopic (exact) mass is 258 g/mol. The van der Waals surface area contributed by atoms with E-state index >= 15 is 0 Å². The van der Waals surface area contributed by atoms with Gasteiger partial charge in [-0.15, -0.1) is 0 Å². The third kappa shape index (κ3) is 3.35. The lowest BCUT2D eigenvalue weighted by Crippen LogP contribution is -2.54. The number of methoxy groups -OCH3 is 1. The molecule has 2 amide bonds. The van der Waals surface area contributed by atoms with Gasteiger partial charge in [0.25, 0.3) is 0 Å². The molecule has 1 aliphatic rings. The molecule has 2 N–H and O–H groups in total. The van der Waals surface area contributed by atoms with Crippen LogP contribution in [0.2, 0.25) is 0 Å². The van der Waals surface area contributed by atoms with E-state index in [0.29, 0.717) is 13.0 Å². The topological polar surface area (TPSA) is 95.9 Å². The molecule has 2 atom stereocenters. The van der Waals surface area contributed by atoms with E-state index in [1.54, 1.807) is 0 Å². The summed E-state index contributed by atoms with van der Waals surface area (Å²) in [5, 5.41) is 11.4. The zero-order valence-electron chi connectivity index (χ0n) is 10.5. The Labute approximate surface area is 105 Å². The number of ether oxygens (including phenoxy) is 1. The Morgan fingerprint density at radius 3 is 2.61 bits per heavy atom. The number of aliphatic carboxylic acids is 1. The van der Waals surface area contributed by atoms with Gasteiger partial charge in [0.1, 0.15) is 12.1 Å². The highest BCUT2D eigenvalue weighted by Gasteiger charge is 2.34. The molecule has 0 aliphatic carbocycles. The molecule has 1 heterocycles. The number of amides is 2. The van der Waals surface area contributed by atoms with Crippen LogP contribution in [-0.2, 0) is 14.3 Å². The Kier molecular flexibility index (Phi) is 4.94. The molecule has 7 heteroatoms. The van der Waals surface area contributed by atoms with E-state index in [9.17, 15) is 14.4 Å². The van der Waals surface area contributed by atoms with E-state index in [1.807, 2.05) is 0 Å². The van der Waals surface area contributed by atoms with Gasteiger partial charge in [0.2, 0.25) is 5.91 Å². The summed E-state index contributed by atoms with van der Waals surface area (Å²) in [6.07, 6.45) is 1.31. The molecule has 0 saturated carbocycles. The minimum absolute atomic E-state index is 0.396. The molecular weight excluding hydrogens is 240 g/mol. The number of hydrogen-bond donors (Lipinski definition) is 2. The second-order valence-corrected chi connectivity index (χ2v) is 4.24. The molecule has 0 aromatic carbocycles. The fourth-order valence-corrected chi connectivity index (χ4v) is 2.00. The van der Waals surface area contributed by atoms with Crippen molar-refractivity contribution in [2.75, 3.05) is 13.7 Å². The van der Waals surface area contributed by atoms with Crippen LogP contribution in [0.25, 0.3) is 0 Å². The van der Waals surface area contributed by atoms with Crippen LogP contribution in [0.4, 0.5) is 4.79 Å². The number of nitrogens with one attached hydrogen (secondary N) is 1. The van der Waals surface area contributed by atoms with Crippen molar-refractivity contribution in [2.24, 2.45) is 0 Å². The van der Waals surface area contributed by atoms with Gasteiger partial charge in [-0.3, -0.25) is 4.79 Å². The Balaban J connectivity index is 2.68. The Hall–Kier alpha value is -1.79. The normalized spacial score (nSPS) is 21.0. The van der Waals surface area contributed by atoms with Crippen LogP contribution in [0.15, 0.2) is 0 Å². The smallest absolute Gasteiger partial charge is 0.407 e. The van der Waals surface area contributed by atoms with E-state index < -0.39 is 30.1 Å². The first kappa shape index (κ1) is 14.3. The lowest BCUT2D eigenvalue weighted by Gasteiger charge is -2.34. The number of carbonyl (C=O) groups is 3. The van der Waals surface area contributed by atoms with E-state index in [4.69, 9.17) is 5.11 Å². The number of alkyl carbamates (subject to hydrolysis) is 1. The third-order valence-electron chi connectivity index (χ3n) is 2.96. The van der Waals surface area contributed by atoms with Crippen LogP contribution in [0, 0.1) is 0 Å². The summed E-state index contributed by atoms with van der Waals surface area (Å²) in [5.41, 5.74) is 0. The van der Waals surface area contributed by atoms with Crippen LogP contribution in [0.3, 0.4) is 0 Å². The number of carboxylic acid groups (broad SMARTS) is 1. The van der Waals surface area contributed by atoms with Crippen molar-refractivity contribution in [3.63, 3.8) is 0 Å². The second kappa shape index (κ2) is 6.23. The summed E-state index contributed by atoms with van der Waals surface area (Å²) in [6.45, 7) is 1.91. The molecule has 0 spiro atoms. The summed E-state index contributed by atoms with van der Waals surface area (Å²) in [7, 11) is 1.20. The highest BCUT2D eigenvalue weighted by atomic mass is 16.5. The molecule has 0 radical (unpaired) electrons. The molecule has 0 aromatic rings. The predicted octanol–water partition coefficient (Wildman–Crippen LogP) is 0.197. The summed E-state index contributed by atoms with van der Waals surface area (Å²) in [6, 6.07) is -1.59. The molecule has 7 nitrogen and oxygen atoms in total. The number of piperidine rings is 1. The van der Waals surface area contributed by atoms with Gasteiger partial charge in [0.15, 0.2) is 0 Å². The maximum absolute atomic E-state index is 12.1. The zero-order valence-corrected chi connectivity index (χ0v) is 10.5. The highest BCUT2D eigenvalue weighted by Crippen LogP contribution is 2.18. The van der Waals surface area contributed by atoms with Crippen molar-refractivity contribution < 1.29 is 24.2 Å². The third-order valence-corrected chi connectivity index (χ3v) is 2.96. The van der Waals surface area contributed by atoms with E-state index in [-0.39, 0.29) is 0 Å². The van der Waals surface area contributed by atoms with Gasteiger partial charge in [0.05, 0.1) is 7.11 Å². The van der Waals surface area contributed by atoms with Crippen LogP contribution >= 0.6 is 0 Å². The number of carboxylic acids is 1. The Morgan fingerprint density at radius 2 is 2.06 bits per heavy atom. The number of nitrogens with zero attached hydrogens (tertiary/aromatic N) is 1. The quantitative estimate of drug-likeness (QED) is 0.753. The average molecular weight is 258 g/mol. The van der Waals surface area contributed by atoms with E-state index in [0.717, 1.165) is 12.8 Å². The SMILES string of the molecule is COC(=O)N[C@@H](C)C(=O)N1CCCC[C@H]1C(=O)O. The van der Waals surface area contributed by atoms with Crippen molar-refractivity contribution in [1.29, 1.82) is 0 Å². The Morgan fingerprint density at radius 1 is 1.39 bits per heavy atom. The van der Waals surface area contributed by atoms with Crippen molar-refractivity contribution in [3.8, 4) is 0 Å². The first-order valence-electron chi connectivity index (χ1n) is 5.85. The number of carbonyl (C=O) groups excluding carboxylic acids is 2. The van der Waals surface area contributed by atoms with Crippen LogP contribution in [-0.4, -0.2) is 53.7 Å². The van der Waals surface area contributed by atoms with Crippen molar-refractivity contribution in [2.45, 2.75) is 38.3 Å². The molecule has 0 aromatic heterocycles. The molecule has 1 fully saturated rings. The van der Waals surface area contributed by atoms with Gasteiger partial charge >= 0.3 is 12.1 Å². The lowest BCUT2D eigenvalue weighted by atomic mass is 10.0. The molecule has 18 heavy (non-hydrogen) atoms. The van der Waals surface area contributed by atoms with Crippen molar-refractivity contribution in [1.82, 2.24) is 10.2 Å². The molecule has 0 bridgehead atoms. The highest BCUT2D eigenvalue weighted by molar-refractivity contribution is 5.89. The average Bonchev–Trinajstić information content (AvgIpc) is 2.37. The van der Waals surface area contributed by atoms with E-state index in [2.05, 4.69) is 10.1 Å². The molecule has 102 valence electrons. The Bertz CT molecular complexity index is 344. The van der Waals surface area contributed by atoms with E-state index in [1.165, 1.54) is 18.9 Å². The maximum Gasteiger partial charge on any atom is 0.407 e. The number of hydrogen-bond acceptors (Lipinski definition) is 4. The largest absolute Gasteiger partial charge is 0.480 e. The molecular formula is C11H18N2O5. The van der Waals surface area contributed by atoms with Gasteiger partial charge in [0, 0.05) is 6.54 Å². The molecule has 0 unspecified atom stereocenters. The predicted molar refractivity (Wildman–Crippen MR) is 62.0 cm³/mol. The van der Waals surface area contributed by atoms with Gasteiger partial charge in [-0.25, -0.2) is 9.59 Å². The summed E-state index contributed by atoms with van der Waals surface area (Å²) in [5.74, 6) is -1.40. The van der Waals surface area contributed by atoms with Crippen LogP contribution < -0.4 is 5.32 Å². The van der Waals surface area contributed by atoms with Crippen LogP contribution in [0.1, 0.15) is 26.2 Å². The van der Waals surface area contributed by atoms with Gasteiger partial charge in [-0.1, -0.05) is 0 Å². The first-order valence-corrected chi connectivity index (χ1v) is 5.85. The van der Waals surface area contributed by atoms with Gasteiger partial charge in [-0.05, 0) is 26.2 Å². The number of likely N-dealkylation sites (tertiary alicyclic amines) is 1. The second-order valence-electron chi connectivity index (χ2n) is 4.24. The minimum atomic E-state index is -1.01. The maximum atomic E-state index is 12.1. The molecule has 1 rings (SSSR count). The van der Waals surface area contributed by atoms with Crippen molar-refractivity contribution in [3.05, 3.63) is 0 Å². The zero-order chi connectivity index (χ0) is 13.7. The van der Waals surface area contributed by atoms with Crippen molar-refractivity contribution >= 4 is 18.0 Å². The molecule has 1 saturated heterocycles. The fraction of sp³-hybridized carbons (Fsp3) is 0.727. The first-order chi connectivity index (χ1) is 8.47. The lowest BCUT2D eigenvalue weighted by molar-refractivity contribution is -0.152. The van der Waals surface area contributed by atoms with Gasteiger partial charge < -0.3 is 20.1 Å². The van der Waals surface area contributed by atoms with Crippen LogP contribution in [0.5, 0.6) is 0 Å². The summed E-state index contributed by atoms with van der Waals surface area (Å²) in [4.78, 5) is 35.4. The minimum Gasteiger partial charge on any atom is -0.480 e. The fourth-order valence-electron chi connectivity index (χ4n) is 2.00. The summed E-state index contributed by atoms with van der Waals surface area (Å²) >= 11 is 0.